The molecular formula is C14H19BrClN. The molecule has 1 aliphatic rings. The van der Waals surface area contributed by atoms with Crippen molar-refractivity contribution in [3.8, 4) is 0 Å². The van der Waals surface area contributed by atoms with Gasteiger partial charge in [-0.3, -0.25) is 0 Å². The molecule has 0 spiro atoms. The highest BCUT2D eigenvalue weighted by molar-refractivity contribution is 9.08. The summed E-state index contributed by atoms with van der Waals surface area (Å²) in [6.45, 7) is 5.69. The maximum absolute atomic E-state index is 6.06. The molecule has 1 saturated carbocycles. The van der Waals surface area contributed by atoms with Crippen molar-refractivity contribution in [3.63, 3.8) is 0 Å². The molecule has 0 bridgehead atoms. The summed E-state index contributed by atoms with van der Waals surface area (Å²) in [6.07, 6.45) is 2.66. The third-order valence-corrected chi connectivity index (χ3v) is 3.88. The lowest BCUT2D eigenvalue weighted by atomic mass is 10.1. The largest absolute Gasteiger partial charge is 0.368 e. The molecule has 0 aliphatic heterocycles. The van der Waals surface area contributed by atoms with Crippen molar-refractivity contribution in [3.05, 3.63) is 28.8 Å². The van der Waals surface area contributed by atoms with Gasteiger partial charge >= 0.3 is 0 Å². The molecule has 0 unspecified atom stereocenters. The van der Waals surface area contributed by atoms with Gasteiger partial charge in [0.2, 0.25) is 0 Å². The van der Waals surface area contributed by atoms with Crippen LogP contribution in [0.2, 0.25) is 5.02 Å². The first-order valence-corrected chi connectivity index (χ1v) is 7.72. The molecule has 0 N–H and O–H groups in total. The quantitative estimate of drug-likeness (QED) is 0.701. The van der Waals surface area contributed by atoms with Gasteiger partial charge in [-0.15, -0.1) is 0 Å². The van der Waals surface area contributed by atoms with Crippen LogP contribution in [0, 0.1) is 5.92 Å². The van der Waals surface area contributed by atoms with Crippen LogP contribution in [0.3, 0.4) is 0 Å². The van der Waals surface area contributed by atoms with Gasteiger partial charge in [0, 0.05) is 28.6 Å². The van der Waals surface area contributed by atoms with Crippen molar-refractivity contribution in [1.29, 1.82) is 0 Å². The lowest BCUT2D eigenvalue weighted by Crippen LogP contribution is -2.30. The number of halogens is 2. The van der Waals surface area contributed by atoms with E-state index in [0.29, 0.717) is 5.92 Å². The molecule has 3 heteroatoms. The first-order chi connectivity index (χ1) is 8.11. The zero-order valence-corrected chi connectivity index (χ0v) is 12.8. The van der Waals surface area contributed by atoms with Gasteiger partial charge in [0.25, 0.3) is 0 Å². The predicted molar refractivity (Wildman–Crippen MR) is 79.3 cm³/mol. The van der Waals surface area contributed by atoms with Crippen LogP contribution in [0.25, 0.3) is 0 Å². The molecule has 0 atom stereocenters. The van der Waals surface area contributed by atoms with Crippen molar-refractivity contribution in [2.75, 3.05) is 11.4 Å². The summed E-state index contributed by atoms with van der Waals surface area (Å²) >= 11 is 9.62. The van der Waals surface area contributed by atoms with Gasteiger partial charge in [-0.05, 0) is 42.5 Å². The van der Waals surface area contributed by atoms with Gasteiger partial charge in [0.05, 0.1) is 0 Å². The fraction of sp³-hybridized carbons (Fsp3) is 0.571. The zero-order chi connectivity index (χ0) is 12.4. The van der Waals surface area contributed by atoms with E-state index >= 15 is 0 Å². The Morgan fingerprint density at radius 2 is 2.12 bits per heavy atom. The molecule has 17 heavy (non-hydrogen) atoms. The minimum absolute atomic E-state index is 0.689. The Labute approximate surface area is 117 Å². The van der Waals surface area contributed by atoms with Crippen molar-refractivity contribution in [2.45, 2.75) is 38.1 Å². The molecule has 2 rings (SSSR count). The van der Waals surface area contributed by atoms with E-state index in [2.05, 4.69) is 46.8 Å². The van der Waals surface area contributed by atoms with Crippen LogP contribution in [0.15, 0.2) is 18.2 Å². The Morgan fingerprint density at radius 3 is 2.65 bits per heavy atom. The summed E-state index contributed by atoms with van der Waals surface area (Å²) in [5.74, 6) is 0.689. The molecule has 1 aromatic rings. The van der Waals surface area contributed by atoms with Crippen molar-refractivity contribution < 1.29 is 0 Å². The second-order valence-electron chi connectivity index (χ2n) is 5.18. The van der Waals surface area contributed by atoms with Gasteiger partial charge in [0.1, 0.15) is 0 Å². The Morgan fingerprint density at radius 1 is 1.41 bits per heavy atom. The van der Waals surface area contributed by atoms with E-state index in [4.69, 9.17) is 11.6 Å². The van der Waals surface area contributed by atoms with E-state index < -0.39 is 0 Å². The number of benzene rings is 1. The Bertz CT molecular complexity index is 388. The Kier molecular flexibility index (Phi) is 4.37. The topological polar surface area (TPSA) is 3.24 Å². The van der Waals surface area contributed by atoms with E-state index in [0.717, 1.165) is 22.9 Å². The highest BCUT2D eigenvalue weighted by Gasteiger charge is 2.30. The van der Waals surface area contributed by atoms with Crippen molar-refractivity contribution in [1.82, 2.24) is 0 Å². The first-order valence-electron chi connectivity index (χ1n) is 6.23. The SMILES string of the molecule is CC(C)CN(c1ccc(Cl)cc1CBr)C1CC1. The van der Waals surface area contributed by atoms with Crippen molar-refractivity contribution in [2.24, 2.45) is 5.92 Å². The van der Waals surface area contributed by atoms with Crippen LogP contribution in [-0.2, 0) is 5.33 Å². The molecule has 0 radical (unpaired) electrons. The number of anilines is 1. The van der Waals surface area contributed by atoms with Crippen LogP contribution in [0.4, 0.5) is 5.69 Å². The average Bonchev–Trinajstić information content (AvgIpc) is 3.09. The summed E-state index contributed by atoms with van der Waals surface area (Å²) in [5, 5.41) is 1.69. The highest BCUT2D eigenvalue weighted by atomic mass is 79.9. The van der Waals surface area contributed by atoms with Gasteiger partial charge in [-0.1, -0.05) is 41.4 Å². The van der Waals surface area contributed by atoms with E-state index in [1.54, 1.807) is 0 Å². The lowest BCUT2D eigenvalue weighted by molar-refractivity contribution is 0.606. The van der Waals surface area contributed by atoms with Crippen LogP contribution >= 0.6 is 27.5 Å². The van der Waals surface area contributed by atoms with Crippen LogP contribution < -0.4 is 4.90 Å². The maximum Gasteiger partial charge on any atom is 0.0410 e. The second kappa shape index (κ2) is 5.62. The maximum atomic E-state index is 6.06. The summed E-state index contributed by atoms with van der Waals surface area (Å²) in [4.78, 5) is 2.55. The monoisotopic (exact) mass is 315 g/mol. The fourth-order valence-electron chi connectivity index (χ4n) is 2.17. The predicted octanol–water partition coefficient (Wildman–Crippen LogP) is 4.86. The number of hydrogen-bond donors (Lipinski definition) is 0. The fourth-order valence-corrected chi connectivity index (χ4v) is 2.81. The smallest absolute Gasteiger partial charge is 0.0410 e. The molecule has 1 aliphatic carbocycles. The third-order valence-electron chi connectivity index (χ3n) is 3.04. The van der Waals surface area contributed by atoms with Crippen LogP contribution in [0.1, 0.15) is 32.3 Å². The molecule has 94 valence electrons. The van der Waals surface area contributed by atoms with Crippen LogP contribution in [-0.4, -0.2) is 12.6 Å². The summed E-state index contributed by atoms with van der Waals surface area (Å²) < 4.78 is 0. The molecule has 0 amide bonds. The lowest BCUT2D eigenvalue weighted by Gasteiger charge is -2.28. The molecule has 1 aromatic carbocycles. The van der Waals surface area contributed by atoms with Gasteiger partial charge in [-0.2, -0.15) is 0 Å². The first kappa shape index (κ1) is 13.2. The Balaban J connectivity index is 2.28. The van der Waals surface area contributed by atoms with E-state index in [1.165, 1.54) is 24.1 Å². The average molecular weight is 317 g/mol. The van der Waals surface area contributed by atoms with Crippen LogP contribution in [0.5, 0.6) is 0 Å². The van der Waals surface area contributed by atoms with Crippen molar-refractivity contribution >= 4 is 33.2 Å². The van der Waals surface area contributed by atoms with Gasteiger partial charge in [0.15, 0.2) is 0 Å². The number of nitrogens with zero attached hydrogens (tertiary/aromatic N) is 1. The normalized spacial score (nSPS) is 15.4. The summed E-state index contributed by atoms with van der Waals surface area (Å²) in [6, 6.07) is 6.98. The third kappa shape index (κ3) is 3.38. The van der Waals surface area contributed by atoms with Gasteiger partial charge < -0.3 is 4.90 Å². The molecule has 0 saturated heterocycles. The molecule has 0 heterocycles. The summed E-state index contributed by atoms with van der Waals surface area (Å²) in [5.41, 5.74) is 2.65. The van der Waals surface area contributed by atoms with E-state index in [-0.39, 0.29) is 0 Å². The molecule has 1 nitrogen and oxygen atoms in total. The standard InChI is InChI=1S/C14H19BrClN/c1-10(2)9-17(13-4-5-13)14-6-3-12(16)7-11(14)8-15/h3,6-7,10,13H,4-5,8-9H2,1-2H3. The zero-order valence-electron chi connectivity index (χ0n) is 10.4. The molecular weight excluding hydrogens is 298 g/mol. The Hall–Kier alpha value is -0.210. The second-order valence-corrected chi connectivity index (χ2v) is 6.18. The van der Waals surface area contributed by atoms with E-state index in [9.17, 15) is 0 Å². The minimum atomic E-state index is 0.689. The molecule has 0 aromatic heterocycles. The minimum Gasteiger partial charge on any atom is -0.368 e. The number of alkyl halides is 1. The number of rotatable bonds is 5. The number of hydrogen-bond acceptors (Lipinski definition) is 1. The molecule has 1 fully saturated rings. The van der Waals surface area contributed by atoms with E-state index in [1.807, 2.05) is 6.07 Å². The summed E-state index contributed by atoms with van der Waals surface area (Å²) in [7, 11) is 0. The van der Waals surface area contributed by atoms with Gasteiger partial charge in [-0.25, -0.2) is 0 Å². The highest BCUT2D eigenvalue weighted by Crippen LogP contribution is 2.35.